The molecule has 2 N–H and O–H groups in total. The summed E-state index contributed by atoms with van der Waals surface area (Å²) in [4.78, 5) is 15.9. The monoisotopic (exact) mass is 233 g/mol. The van der Waals surface area contributed by atoms with Crippen LogP contribution in [0.15, 0.2) is 35.8 Å². The number of thiazole rings is 1. The Hall–Kier alpha value is -1.88. The van der Waals surface area contributed by atoms with Crippen molar-refractivity contribution in [2.45, 2.75) is 0 Å². The molecular weight excluding hydrogens is 222 g/mol. The molecule has 16 heavy (non-hydrogen) atoms. The van der Waals surface area contributed by atoms with Crippen LogP contribution in [0.1, 0.15) is 10.5 Å². The second kappa shape index (κ2) is 4.76. The Morgan fingerprint density at radius 1 is 1.31 bits per heavy atom. The molecule has 0 saturated heterocycles. The molecule has 1 aromatic carbocycles. The van der Waals surface area contributed by atoms with Crippen molar-refractivity contribution in [3.63, 3.8) is 0 Å². The molecule has 0 saturated carbocycles. The molecule has 0 atom stereocenters. The summed E-state index contributed by atoms with van der Waals surface area (Å²) in [5.74, 6) is -0.197. The lowest BCUT2D eigenvalue weighted by Crippen LogP contribution is -2.13. The Bertz CT molecular complexity index is 481. The number of anilines is 2. The molecule has 1 heterocycles. The molecule has 0 radical (unpaired) electrons. The Morgan fingerprint density at radius 2 is 2.06 bits per heavy atom. The summed E-state index contributed by atoms with van der Waals surface area (Å²) in [5.41, 5.74) is 2.84. The Morgan fingerprint density at radius 3 is 2.75 bits per heavy atom. The van der Waals surface area contributed by atoms with E-state index in [2.05, 4.69) is 15.6 Å². The van der Waals surface area contributed by atoms with Gasteiger partial charge in [-0.3, -0.25) is 4.79 Å². The highest BCUT2D eigenvalue weighted by atomic mass is 32.1. The van der Waals surface area contributed by atoms with E-state index in [1.807, 2.05) is 30.3 Å². The largest absolute Gasteiger partial charge is 0.378 e. The Labute approximate surface area is 97.3 Å². The maximum absolute atomic E-state index is 11.8. The Kier molecular flexibility index (Phi) is 3.16. The maximum Gasteiger partial charge on any atom is 0.277 e. The van der Waals surface area contributed by atoms with Crippen molar-refractivity contribution in [2.24, 2.45) is 0 Å². The molecule has 1 aromatic heterocycles. The fraction of sp³-hybridized carbons (Fsp3) is 0.0909. The third-order valence-corrected chi connectivity index (χ3v) is 2.89. The van der Waals surface area contributed by atoms with E-state index < -0.39 is 0 Å². The third-order valence-electron chi connectivity index (χ3n) is 2.04. The number of para-hydroxylation sites is 1. The van der Waals surface area contributed by atoms with Crippen LogP contribution in [0.5, 0.6) is 0 Å². The predicted molar refractivity (Wildman–Crippen MR) is 66.1 cm³/mol. The minimum absolute atomic E-state index is 0.197. The van der Waals surface area contributed by atoms with Crippen LogP contribution in [0.4, 0.5) is 10.7 Å². The number of nitrogens with one attached hydrogen (secondary N) is 2. The van der Waals surface area contributed by atoms with Gasteiger partial charge < -0.3 is 10.6 Å². The number of aromatic nitrogens is 1. The van der Waals surface area contributed by atoms with Crippen LogP contribution in [0.3, 0.4) is 0 Å². The third kappa shape index (κ3) is 2.20. The smallest absolute Gasteiger partial charge is 0.277 e. The molecule has 0 aliphatic rings. The van der Waals surface area contributed by atoms with Crippen LogP contribution in [-0.4, -0.2) is 17.9 Å². The van der Waals surface area contributed by atoms with Crippen LogP contribution in [0, 0.1) is 0 Å². The van der Waals surface area contributed by atoms with Crippen molar-refractivity contribution in [3.8, 4) is 0 Å². The van der Waals surface area contributed by atoms with Crippen molar-refractivity contribution in [2.75, 3.05) is 17.7 Å². The lowest BCUT2D eigenvalue weighted by atomic mass is 10.3. The van der Waals surface area contributed by atoms with E-state index in [4.69, 9.17) is 0 Å². The van der Waals surface area contributed by atoms with Gasteiger partial charge in [0.2, 0.25) is 0 Å². The van der Waals surface area contributed by atoms with Crippen LogP contribution in [0.2, 0.25) is 0 Å². The normalized spacial score (nSPS) is 9.81. The fourth-order valence-corrected chi connectivity index (χ4v) is 1.94. The van der Waals surface area contributed by atoms with Gasteiger partial charge in [0.25, 0.3) is 5.91 Å². The summed E-state index contributed by atoms with van der Waals surface area (Å²) in [6, 6.07) is 9.31. The summed E-state index contributed by atoms with van der Waals surface area (Å²) in [6.07, 6.45) is 0. The van der Waals surface area contributed by atoms with Crippen molar-refractivity contribution in [3.05, 3.63) is 41.5 Å². The highest BCUT2D eigenvalue weighted by Gasteiger charge is 2.13. The highest BCUT2D eigenvalue weighted by molar-refractivity contribution is 7.14. The quantitative estimate of drug-likeness (QED) is 0.856. The first-order valence-corrected chi connectivity index (χ1v) is 5.67. The first-order valence-electron chi connectivity index (χ1n) is 4.79. The molecular formula is C11H11N3OS. The zero-order valence-electron chi connectivity index (χ0n) is 8.73. The molecule has 0 fully saturated rings. The van der Waals surface area contributed by atoms with E-state index in [1.54, 1.807) is 12.6 Å². The molecule has 2 aromatic rings. The van der Waals surface area contributed by atoms with Gasteiger partial charge in [-0.1, -0.05) is 18.2 Å². The van der Waals surface area contributed by atoms with Crippen LogP contribution < -0.4 is 10.6 Å². The molecule has 0 aliphatic heterocycles. The molecule has 1 amide bonds. The van der Waals surface area contributed by atoms with Crippen molar-refractivity contribution >= 4 is 27.9 Å². The van der Waals surface area contributed by atoms with Gasteiger partial charge in [0.1, 0.15) is 5.00 Å². The zero-order valence-corrected chi connectivity index (χ0v) is 9.54. The van der Waals surface area contributed by atoms with E-state index >= 15 is 0 Å². The van der Waals surface area contributed by atoms with E-state index in [1.165, 1.54) is 11.3 Å². The number of rotatable bonds is 3. The number of nitrogens with zero attached hydrogens (tertiary/aromatic N) is 1. The summed E-state index contributed by atoms with van der Waals surface area (Å²) < 4.78 is 0. The number of hydrogen-bond acceptors (Lipinski definition) is 4. The van der Waals surface area contributed by atoms with E-state index in [-0.39, 0.29) is 5.91 Å². The van der Waals surface area contributed by atoms with Crippen LogP contribution >= 0.6 is 11.3 Å². The maximum atomic E-state index is 11.8. The first kappa shape index (κ1) is 10.6. The van der Waals surface area contributed by atoms with E-state index in [9.17, 15) is 4.79 Å². The highest BCUT2D eigenvalue weighted by Crippen LogP contribution is 2.20. The molecule has 0 spiro atoms. The molecule has 0 unspecified atom stereocenters. The summed E-state index contributed by atoms with van der Waals surface area (Å²) in [6.45, 7) is 0. The van der Waals surface area contributed by atoms with Gasteiger partial charge in [0.15, 0.2) is 5.69 Å². The summed E-state index contributed by atoms with van der Waals surface area (Å²) >= 11 is 1.41. The molecule has 0 bridgehead atoms. The SMILES string of the molecule is CNc1scnc1C(=O)Nc1ccccc1. The molecule has 5 heteroatoms. The zero-order chi connectivity index (χ0) is 11.4. The number of carbonyl (C=O) groups excluding carboxylic acids is 1. The average molecular weight is 233 g/mol. The van der Waals surface area contributed by atoms with Crippen molar-refractivity contribution in [1.82, 2.24) is 4.98 Å². The number of amides is 1. The second-order valence-corrected chi connectivity index (χ2v) is 3.96. The minimum Gasteiger partial charge on any atom is -0.378 e. The van der Waals surface area contributed by atoms with E-state index in [0.717, 1.165) is 10.7 Å². The van der Waals surface area contributed by atoms with Gasteiger partial charge in [-0.15, -0.1) is 11.3 Å². The van der Waals surface area contributed by atoms with Gasteiger partial charge in [-0.25, -0.2) is 4.98 Å². The fourth-order valence-electron chi connectivity index (χ4n) is 1.30. The number of benzene rings is 1. The minimum atomic E-state index is -0.197. The standard InChI is InChI=1S/C11H11N3OS/c1-12-11-9(13-7-16-11)10(15)14-8-5-3-2-4-6-8/h2-7,12H,1H3,(H,14,15). The molecule has 0 aliphatic carbocycles. The van der Waals surface area contributed by atoms with Gasteiger partial charge >= 0.3 is 0 Å². The molecule has 4 nitrogen and oxygen atoms in total. The molecule has 82 valence electrons. The van der Waals surface area contributed by atoms with E-state index in [0.29, 0.717) is 5.69 Å². The number of carbonyl (C=O) groups is 1. The van der Waals surface area contributed by atoms with Gasteiger partial charge in [-0.2, -0.15) is 0 Å². The van der Waals surface area contributed by atoms with Crippen molar-refractivity contribution in [1.29, 1.82) is 0 Å². The number of hydrogen-bond donors (Lipinski definition) is 2. The van der Waals surface area contributed by atoms with Gasteiger partial charge in [-0.05, 0) is 12.1 Å². The summed E-state index contributed by atoms with van der Waals surface area (Å²) in [7, 11) is 1.77. The molecule has 2 rings (SSSR count). The van der Waals surface area contributed by atoms with Crippen molar-refractivity contribution < 1.29 is 4.79 Å². The first-order chi connectivity index (χ1) is 7.81. The second-order valence-electron chi connectivity index (χ2n) is 3.10. The summed E-state index contributed by atoms with van der Waals surface area (Å²) in [5, 5.41) is 6.49. The lowest BCUT2D eigenvalue weighted by Gasteiger charge is -2.04. The van der Waals surface area contributed by atoms with Gasteiger partial charge in [0.05, 0.1) is 5.51 Å². The Balaban J connectivity index is 2.15. The van der Waals surface area contributed by atoms with Crippen LogP contribution in [-0.2, 0) is 0 Å². The van der Waals surface area contributed by atoms with Gasteiger partial charge in [0, 0.05) is 12.7 Å². The average Bonchev–Trinajstić information content (AvgIpc) is 2.78. The predicted octanol–water partition coefficient (Wildman–Crippen LogP) is 2.44. The van der Waals surface area contributed by atoms with Crippen LogP contribution in [0.25, 0.3) is 0 Å². The topological polar surface area (TPSA) is 54.0 Å². The lowest BCUT2D eigenvalue weighted by molar-refractivity contribution is 0.102.